The van der Waals surface area contributed by atoms with E-state index < -0.39 is 10.0 Å². The molecule has 7 nitrogen and oxygen atoms in total. The van der Waals surface area contributed by atoms with Crippen LogP contribution in [0.2, 0.25) is 0 Å². The fourth-order valence-corrected chi connectivity index (χ4v) is 4.75. The molecule has 2 aliphatic rings. The molecule has 0 unspecified atom stereocenters. The number of nitrogens with two attached hydrogens (primary N) is 1. The van der Waals surface area contributed by atoms with Crippen molar-refractivity contribution in [3.05, 3.63) is 29.3 Å². The molecule has 140 valence electrons. The summed E-state index contributed by atoms with van der Waals surface area (Å²) >= 11 is 0. The van der Waals surface area contributed by atoms with Gasteiger partial charge in [0.2, 0.25) is 10.0 Å². The van der Waals surface area contributed by atoms with Crippen LogP contribution in [0, 0.1) is 6.92 Å². The highest BCUT2D eigenvalue weighted by Crippen LogP contribution is 2.23. The fraction of sp³-hybridized carbons (Fsp3) is 0.562. The predicted molar refractivity (Wildman–Crippen MR) is 96.5 cm³/mol. The highest BCUT2D eigenvalue weighted by atomic mass is 35.5. The second kappa shape index (κ2) is 8.01. The summed E-state index contributed by atoms with van der Waals surface area (Å²) in [6, 6.07) is 4.86. The Balaban J connectivity index is 0.00000225. The molecule has 2 heterocycles. The van der Waals surface area contributed by atoms with Gasteiger partial charge in [0.15, 0.2) is 0 Å². The number of nitrogens with zero attached hydrogens (tertiary/aromatic N) is 2. The topological polar surface area (TPSA) is 92.9 Å². The summed E-state index contributed by atoms with van der Waals surface area (Å²) in [6.45, 7) is 4.32. The first-order chi connectivity index (χ1) is 11.4. The fourth-order valence-electron chi connectivity index (χ4n) is 3.09. The van der Waals surface area contributed by atoms with Crippen LogP contribution in [0.3, 0.4) is 0 Å². The lowest BCUT2D eigenvalue weighted by molar-refractivity contribution is 0.0730. The molecule has 25 heavy (non-hydrogen) atoms. The molecule has 1 aromatic rings. The lowest BCUT2D eigenvalue weighted by atomic mass is 10.1. The molecule has 0 saturated carbocycles. The lowest BCUT2D eigenvalue weighted by Gasteiger charge is -2.27. The van der Waals surface area contributed by atoms with Crippen molar-refractivity contribution in [3.8, 4) is 0 Å². The number of morpholine rings is 1. The maximum Gasteiger partial charge on any atom is 0.253 e. The largest absolute Gasteiger partial charge is 0.379 e. The molecule has 2 saturated heterocycles. The van der Waals surface area contributed by atoms with Crippen molar-refractivity contribution in [2.24, 2.45) is 5.73 Å². The average Bonchev–Trinajstić information content (AvgIpc) is 3.02. The zero-order valence-electron chi connectivity index (χ0n) is 14.2. The van der Waals surface area contributed by atoms with Gasteiger partial charge in [-0.1, -0.05) is 6.07 Å². The van der Waals surface area contributed by atoms with Gasteiger partial charge in [-0.15, -0.1) is 12.4 Å². The van der Waals surface area contributed by atoms with Gasteiger partial charge in [-0.3, -0.25) is 4.79 Å². The number of carbonyl (C=O) groups excluding carboxylic acids is 1. The van der Waals surface area contributed by atoms with Crippen LogP contribution in [0.4, 0.5) is 0 Å². The van der Waals surface area contributed by atoms with Gasteiger partial charge in [0.05, 0.1) is 18.1 Å². The normalized spacial score (nSPS) is 21.8. The van der Waals surface area contributed by atoms with Crippen molar-refractivity contribution in [3.63, 3.8) is 0 Å². The summed E-state index contributed by atoms with van der Waals surface area (Å²) < 4.78 is 32.4. The highest BCUT2D eigenvalue weighted by Gasteiger charge is 2.30. The quantitative estimate of drug-likeness (QED) is 0.817. The van der Waals surface area contributed by atoms with Crippen molar-refractivity contribution >= 4 is 28.3 Å². The molecule has 2 fully saturated rings. The molecule has 0 spiro atoms. The maximum absolute atomic E-state index is 12.9. The number of amides is 1. The zero-order chi connectivity index (χ0) is 17.3. The number of carbonyl (C=O) groups is 1. The summed E-state index contributed by atoms with van der Waals surface area (Å²) in [7, 11) is -3.63. The average molecular weight is 390 g/mol. The van der Waals surface area contributed by atoms with Gasteiger partial charge in [0.1, 0.15) is 0 Å². The van der Waals surface area contributed by atoms with E-state index in [9.17, 15) is 13.2 Å². The smallest absolute Gasteiger partial charge is 0.253 e. The van der Waals surface area contributed by atoms with Crippen LogP contribution < -0.4 is 5.73 Å². The Kier molecular flexibility index (Phi) is 6.45. The Morgan fingerprint density at radius 3 is 2.52 bits per heavy atom. The third kappa shape index (κ3) is 4.15. The number of hydrogen-bond donors (Lipinski definition) is 1. The number of hydrogen-bond acceptors (Lipinski definition) is 5. The van der Waals surface area contributed by atoms with Crippen LogP contribution in [0.1, 0.15) is 22.3 Å². The Morgan fingerprint density at radius 2 is 1.92 bits per heavy atom. The molecule has 1 amide bonds. The van der Waals surface area contributed by atoms with E-state index in [0.29, 0.717) is 50.5 Å². The minimum atomic E-state index is -3.63. The molecular formula is C16H24ClN3O4S. The summed E-state index contributed by atoms with van der Waals surface area (Å²) in [5.74, 6) is -0.165. The maximum atomic E-state index is 12.9. The summed E-state index contributed by atoms with van der Waals surface area (Å²) in [5, 5.41) is 0. The van der Waals surface area contributed by atoms with Crippen molar-refractivity contribution in [2.75, 3.05) is 39.4 Å². The van der Waals surface area contributed by atoms with E-state index in [2.05, 4.69) is 0 Å². The SMILES string of the molecule is Cc1ccc(C(=O)N2CC[C@@H](N)C2)cc1S(=O)(=O)N1CCOCC1.Cl. The van der Waals surface area contributed by atoms with Crippen molar-refractivity contribution in [1.82, 2.24) is 9.21 Å². The second-order valence-corrected chi connectivity index (χ2v) is 8.20. The number of benzene rings is 1. The number of aryl methyl sites for hydroxylation is 1. The Bertz CT molecular complexity index is 735. The lowest BCUT2D eigenvalue weighted by Crippen LogP contribution is -2.41. The van der Waals surface area contributed by atoms with E-state index in [1.54, 1.807) is 24.0 Å². The minimum absolute atomic E-state index is 0. The van der Waals surface area contributed by atoms with Crippen LogP contribution in [-0.4, -0.2) is 69.0 Å². The Morgan fingerprint density at radius 1 is 1.24 bits per heavy atom. The van der Waals surface area contributed by atoms with Gasteiger partial charge in [-0.05, 0) is 31.0 Å². The van der Waals surface area contributed by atoms with E-state index in [-0.39, 0.29) is 29.3 Å². The second-order valence-electron chi connectivity index (χ2n) is 6.30. The highest BCUT2D eigenvalue weighted by molar-refractivity contribution is 7.89. The van der Waals surface area contributed by atoms with Crippen LogP contribution in [0.25, 0.3) is 0 Å². The summed E-state index contributed by atoms with van der Waals surface area (Å²) in [6.07, 6.45) is 0.774. The van der Waals surface area contributed by atoms with Gasteiger partial charge in [0.25, 0.3) is 5.91 Å². The number of ether oxygens (including phenoxy) is 1. The number of likely N-dealkylation sites (tertiary alicyclic amines) is 1. The predicted octanol–water partition coefficient (Wildman–Crippen LogP) is 0.611. The number of halogens is 1. The van der Waals surface area contributed by atoms with Gasteiger partial charge in [0, 0.05) is 37.8 Å². The van der Waals surface area contributed by atoms with Crippen molar-refractivity contribution in [1.29, 1.82) is 0 Å². The molecule has 0 bridgehead atoms. The van der Waals surface area contributed by atoms with Crippen LogP contribution in [-0.2, 0) is 14.8 Å². The number of sulfonamides is 1. The third-order valence-electron chi connectivity index (χ3n) is 4.53. The molecule has 0 aliphatic carbocycles. The monoisotopic (exact) mass is 389 g/mol. The standard InChI is InChI=1S/C16H23N3O4S.ClH/c1-12-2-3-13(16(20)18-5-4-14(17)11-18)10-15(12)24(21,22)19-6-8-23-9-7-19;/h2-3,10,14H,4-9,11,17H2,1H3;1H/t14-;/m1./s1. The van der Waals surface area contributed by atoms with Crippen LogP contribution in [0.5, 0.6) is 0 Å². The molecule has 3 rings (SSSR count). The van der Waals surface area contributed by atoms with E-state index in [4.69, 9.17) is 10.5 Å². The third-order valence-corrected chi connectivity index (χ3v) is 6.58. The van der Waals surface area contributed by atoms with Gasteiger partial charge >= 0.3 is 0 Å². The Hall–Kier alpha value is -1.19. The van der Waals surface area contributed by atoms with Crippen molar-refractivity contribution in [2.45, 2.75) is 24.3 Å². The molecule has 1 aromatic carbocycles. The summed E-state index contributed by atoms with van der Waals surface area (Å²) in [4.78, 5) is 14.5. The van der Waals surface area contributed by atoms with Crippen LogP contribution in [0.15, 0.2) is 23.1 Å². The van der Waals surface area contributed by atoms with E-state index in [0.717, 1.165) is 6.42 Å². The molecule has 2 aliphatic heterocycles. The van der Waals surface area contributed by atoms with Gasteiger partial charge < -0.3 is 15.4 Å². The molecule has 1 atom stereocenters. The molecule has 9 heteroatoms. The molecule has 0 radical (unpaired) electrons. The first-order valence-electron chi connectivity index (χ1n) is 8.13. The van der Waals surface area contributed by atoms with Gasteiger partial charge in [-0.25, -0.2) is 8.42 Å². The van der Waals surface area contributed by atoms with Gasteiger partial charge in [-0.2, -0.15) is 4.31 Å². The first-order valence-corrected chi connectivity index (χ1v) is 9.57. The minimum Gasteiger partial charge on any atom is -0.379 e. The number of rotatable bonds is 3. The van der Waals surface area contributed by atoms with E-state index in [1.165, 1.54) is 10.4 Å². The Labute approximate surface area is 154 Å². The molecule has 2 N–H and O–H groups in total. The first kappa shape index (κ1) is 20.1. The van der Waals surface area contributed by atoms with E-state index >= 15 is 0 Å². The zero-order valence-corrected chi connectivity index (χ0v) is 15.8. The summed E-state index contributed by atoms with van der Waals surface area (Å²) in [5.41, 5.74) is 6.88. The van der Waals surface area contributed by atoms with Crippen molar-refractivity contribution < 1.29 is 17.9 Å². The molecular weight excluding hydrogens is 366 g/mol. The molecule has 0 aromatic heterocycles. The van der Waals surface area contributed by atoms with Crippen LogP contribution >= 0.6 is 12.4 Å². The van der Waals surface area contributed by atoms with E-state index in [1.807, 2.05) is 0 Å².